The molecule has 0 spiro atoms. The summed E-state index contributed by atoms with van der Waals surface area (Å²) in [6.07, 6.45) is 0. The van der Waals surface area contributed by atoms with Gasteiger partial charge in [-0.3, -0.25) is 14.9 Å². The Labute approximate surface area is 197 Å². The number of anilines is 1. The van der Waals surface area contributed by atoms with Crippen molar-refractivity contribution >= 4 is 46.2 Å². The third kappa shape index (κ3) is 5.24. The minimum absolute atomic E-state index is 0.107. The van der Waals surface area contributed by atoms with Gasteiger partial charge < -0.3 is 19.1 Å². The smallest absolute Gasteiger partial charge is 0.345 e. The van der Waals surface area contributed by atoms with Crippen LogP contribution in [-0.4, -0.2) is 36.6 Å². The summed E-state index contributed by atoms with van der Waals surface area (Å²) in [4.78, 5) is 38.4. The molecule has 2 aromatic carbocycles. The van der Waals surface area contributed by atoms with E-state index in [0.29, 0.717) is 30.4 Å². The largest absolute Gasteiger partial charge is 0.486 e. The second-order valence-corrected chi connectivity index (χ2v) is 8.35. The molecule has 0 bridgehead atoms. The lowest BCUT2D eigenvalue weighted by molar-refractivity contribution is -0.385. The molecule has 170 valence electrons. The highest BCUT2D eigenvalue weighted by atomic mass is 35.5. The molecule has 3 aromatic rings. The van der Waals surface area contributed by atoms with Crippen LogP contribution < -0.4 is 14.4 Å². The van der Waals surface area contributed by atoms with Crippen molar-refractivity contribution in [2.24, 2.45) is 0 Å². The molecule has 0 aliphatic carbocycles. The van der Waals surface area contributed by atoms with Gasteiger partial charge in [0.25, 0.3) is 11.6 Å². The molecule has 2 heterocycles. The van der Waals surface area contributed by atoms with Crippen LogP contribution in [0.3, 0.4) is 0 Å². The van der Waals surface area contributed by atoms with E-state index in [1.807, 2.05) is 17.5 Å². The fraction of sp³-hybridized carbons (Fsp3) is 0.182. The van der Waals surface area contributed by atoms with E-state index < -0.39 is 29.1 Å². The number of hydrogen-bond acceptors (Lipinski definition) is 8. The van der Waals surface area contributed by atoms with Crippen molar-refractivity contribution in [2.45, 2.75) is 6.54 Å². The highest BCUT2D eigenvalue weighted by Gasteiger charge is 2.25. The number of nitrogens with zero attached hydrogens (tertiary/aromatic N) is 2. The van der Waals surface area contributed by atoms with Crippen LogP contribution in [0.2, 0.25) is 5.02 Å². The molecule has 11 heteroatoms. The molecule has 4 rings (SSSR count). The van der Waals surface area contributed by atoms with Crippen molar-refractivity contribution in [1.82, 2.24) is 0 Å². The van der Waals surface area contributed by atoms with Crippen LogP contribution in [0.5, 0.6) is 11.5 Å². The van der Waals surface area contributed by atoms with E-state index >= 15 is 0 Å². The number of halogens is 1. The highest BCUT2D eigenvalue weighted by Crippen LogP contribution is 2.35. The van der Waals surface area contributed by atoms with Crippen LogP contribution in [0, 0.1) is 10.1 Å². The third-order valence-electron chi connectivity index (χ3n) is 4.74. The van der Waals surface area contributed by atoms with Crippen molar-refractivity contribution in [2.75, 3.05) is 24.7 Å². The number of amides is 1. The molecule has 1 aromatic heterocycles. The van der Waals surface area contributed by atoms with Crippen molar-refractivity contribution in [1.29, 1.82) is 0 Å². The zero-order valence-corrected chi connectivity index (χ0v) is 18.6. The molecule has 1 amide bonds. The van der Waals surface area contributed by atoms with E-state index in [1.165, 1.54) is 28.4 Å². The summed E-state index contributed by atoms with van der Waals surface area (Å²) >= 11 is 7.26. The Bertz CT molecular complexity index is 1200. The zero-order valence-electron chi connectivity index (χ0n) is 17.1. The van der Waals surface area contributed by atoms with E-state index in [0.717, 1.165) is 10.9 Å². The van der Waals surface area contributed by atoms with Crippen LogP contribution in [-0.2, 0) is 16.1 Å². The van der Waals surface area contributed by atoms with Gasteiger partial charge in [-0.15, -0.1) is 11.3 Å². The van der Waals surface area contributed by atoms with Crippen molar-refractivity contribution in [3.63, 3.8) is 0 Å². The number of esters is 1. The lowest BCUT2D eigenvalue weighted by Crippen LogP contribution is -2.34. The standard InChI is InChI=1S/C22H17ClN2O7S/c23-14-3-5-17(18(10-14)25(28)29)22(27)32-13-21(26)24(12-16-2-1-9-33-16)15-4-6-19-20(11-15)31-8-7-30-19/h1-6,9-11H,7-8,12-13H2. The Hall–Kier alpha value is -3.63. The lowest BCUT2D eigenvalue weighted by atomic mass is 10.2. The first kappa shape index (κ1) is 22.6. The maximum absolute atomic E-state index is 13.1. The summed E-state index contributed by atoms with van der Waals surface area (Å²) in [6, 6.07) is 12.4. The molecule has 0 unspecified atom stereocenters. The van der Waals surface area contributed by atoms with Crippen LogP contribution >= 0.6 is 22.9 Å². The molecule has 9 nitrogen and oxygen atoms in total. The number of carbonyl (C=O) groups is 2. The van der Waals surface area contributed by atoms with Gasteiger partial charge in [-0.05, 0) is 35.7 Å². The number of rotatable bonds is 7. The van der Waals surface area contributed by atoms with E-state index in [4.69, 9.17) is 25.8 Å². The normalized spacial score (nSPS) is 12.2. The second kappa shape index (κ2) is 9.88. The molecule has 0 atom stereocenters. The SMILES string of the molecule is O=C(OCC(=O)N(Cc1cccs1)c1ccc2c(c1)OCCO2)c1ccc(Cl)cc1[N+](=O)[O-]. The van der Waals surface area contributed by atoms with Crippen LogP contribution in [0.15, 0.2) is 53.9 Å². The van der Waals surface area contributed by atoms with Crippen molar-refractivity contribution in [3.8, 4) is 11.5 Å². The minimum Gasteiger partial charge on any atom is -0.486 e. The Balaban J connectivity index is 1.54. The zero-order chi connectivity index (χ0) is 23.4. The van der Waals surface area contributed by atoms with Gasteiger partial charge in [0, 0.05) is 27.7 Å². The average molecular weight is 489 g/mol. The van der Waals surface area contributed by atoms with E-state index in [-0.39, 0.29) is 17.1 Å². The fourth-order valence-electron chi connectivity index (χ4n) is 3.19. The summed E-state index contributed by atoms with van der Waals surface area (Å²) in [6.45, 7) is 0.469. The number of ether oxygens (including phenoxy) is 3. The Morgan fingerprint density at radius 1 is 1.12 bits per heavy atom. The second-order valence-electron chi connectivity index (χ2n) is 6.88. The molecule has 1 aliphatic rings. The maximum Gasteiger partial charge on any atom is 0.345 e. The highest BCUT2D eigenvalue weighted by molar-refractivity contribution is 7.09. The van der Waals surface area contributed by atoms with Gasteiger partial charge in [0.15, 0.2) is 18.1 Å². The molecular weight excluding hydrogens is 472 g/mol. The Morgan fingerprint density at radius 2 is 1.91 bits per heavy atom. The predicted octanol–water partition coefficient (Wildman–Crippen LogP) is 4.47. The van der Waals surface area contributed by atoms with Gasteiger partial charge in [0.1, 0.15) is 18.8 Å². The van der Waals surface area contributed by atoms with Gasteiger partial charge in [0.05, 0.1) is 11.5 Å². The summed E-state index contributed by atoms with van der Waals surface area (Å²) < 4.78 is 16.3. The van der Waals surface area contributed by atoms with E-state index in [9.17, 15) is 19.7 Å². The van der Waals surface area contributed by atoms with Gasteiger partial charge >= 0.3 is 5.97 Å². The molecule has 0 fully saturated rings. The first-order chi connectivity index (χ1) is 15.9. The Kier molecular flexibility index (Phi) is 6.76. The van der Waals surface area contributed by atoms with Crippen LogP contribution in [0.4, 0.5) is 11.4 Å². The summed E-state index contributed by atoms with van der Waals surface area (Å²) in [7, 11) is 0. The molecule has 0 saturated heterocycles. The van der Waals surface area contributed by atoms with Crippen LogP contribution in [0.25, 0.3) is 0 Å². The number of fused-ring (bicyclic) bond motifs is 1. The molecular formula is C22H17ClN2O7S. The van der Waals surface area contributed by atoms with Crippen molar-refractivity contribution in [3.05, 3.63) is 79.5 Å². The molecule has 0 radical (unpaired) electrons. The van der Waals surface area contributed by atoms with Gasteiger partial charge in [0.2, 0.25) is 0 Å². The minimum atomic E-state index is -0.995. The number of nitro groups is 1. The monoisotopic (exact) mass is 488 g/mol. The Morgan fingerprint density at radius 3 is 2.64 bits per heavy atom. The molecule has 0 saturated carbocycles. The average Bonchev–Trinajstić information content (AvgIpc) is 3.33. The van der Waals surface area contributed by atoms with Gasteiger partial charge in [-0.2, -0.15) is 0 Å². The quantitative estimate of drug-likeness (QED) is 0.274. The topological polar surface area (TPSA) is 108 Å². The molecule has 0 N–H and O–H groups in total. The fourth-order valence-corrected chi connectivity index (χ4v) is 4.05. The first-order valence-electron chi connectivity index (χ1n) is 9.76. The maximum atomic E-state index is 13.1. The number of thiophene rings is 1. The number of carbonyl (C=O) groups excluding carboxylic acids is 2. The number of hydrogen-bond donors (Lipinski definition) is 0. The van der Waals surface area contributed by atoms with Gasteiger partial charge in [-0.1, -0.05) is 17.7 Å². The number of nitro benzene ring substituents is 1. The number of benzene rings is 2. The summed E-state index contributed by atoms with van der Waals surface area (Å²) in [5, 5.41) is 13.2. The van der Waals surface area contributed by atoms with E-state index in [2.05, 4.69) is 0 Å². The van der Waals surface area contributed by atoms with Crippen LogP contribution in [0.1, 0.15) is 15.2 Å². The first-order valence-corrected chi connectivity index (χ1v) is 11.0. The molecule has 33 heavy (non-hydrogen) atoms. The van der Waals surface area contributed by atoms with Gasteiger partial charge in [-0.25, -0.2) is 4.79 Å². The summed E-state index contributed by atoms with van der Waals surface area (Å²) in [5.74, 6) is -0.415. The predicted molar refractivity (Wildman–Crippen MR) is 121 cm³/mol. The molecule has 1 aliphatic heterocycles. The summed E-state index contributed by atoms with van der Waals surface area (Å²) in [5.41, 5.74) is -0.255. The third-order valence-corrected chi connectivity index (χ3v) is 5.83. The van der Waals surface area contributed by atoms with E-state index in [1.54, 1.807) is 18.2 Å². The lowest BCUT2D eigenvalue weighted by Gasteiger charge is -2.25. The van der Waals surface area contributed by atoms with Crippen molar-refractivity contribution < 1.29 is 28.7 Å².